The maximum absolute atomic E-state index is 5.96. The summed E-state index contributed by atoms with van der Waals surface area (Å²) in [6, 6.07) is 16.3. The Balaban J connectivity index is 1.89. The van der Waals surface area contributed by atoms with Crippen LogP contribution in [-0.2, 0) is 0 Å². The lowest BCUT2D eigenvalue weighted by Gasteiger charge is -2.16. The Kier molecular flexibility index (Phi) is 4.04. The number of hydrogen-bond acceptors (Lipinski definition) is 2. The van der Waals surface area contributed by atoms with Gasteiger partial charge in [-0.25, -0.2) is 0 Å². The highest BCUT2D eigenvalue weighted by Gasteiger charge is 2.12. The Morgan fingerprint density at radius 2 is 1.57 bits per heavy atom. The first-order chi connectivity index (χ1) is 10.3. The highest BCUT2D eigenvalue weighted by molar-refractivity contribution is 6.30. The maximum Gasteiger partial charge on any atom is 0.0565 e. The summed E-state index contributed by atoms with van der Waals surface area (Å²) < 4.78 is 0. The lowest BCUT2D eigenvalue weighted by molar-refractivity contribution is 0.819. The molecule has 2 aromatic carbocycles. The molecule has 0 radical (unpaired) electrons. The minimum Gasteiger partial charge on any atom is -0.330 e. The Morgan fingerprint density at radius 3 is 2.10 bits per heavy atom. The molecule has 0 unspecified atom stereocenters. The monoisotopic (exact) mass is 297 g/mol. The first-order valence-corrected chi connectivity index (χ1v) is 7.20. The average molecular weight is 298 g/mol. The summed E-state index contributed by atoms with van der Waals surface area (Å²) in [6.45, 7) is 0.562. The number of nitrogens with two attached hydrogens (primary N) is 1. The molecule has 3 N–H and O–H groups in total. The molecular weight excluding hydrogens is 282 g/mol. The van der Waals surface area contributed by atoms with Gasteiger partial charge in [0.05, 0.1) is 6.20 Å². The van der Waals surface area contributed by atoms with Gasteiger partial charge >= 0.3 is 0 Å². The van der Waals surface area contributed by atoms with Gasteiger partial charge < -0.3 is 5.73 Å². The summed E-state index contributed by atoms with van der Waals surface area (Å²) in [5.74, 6) is 0.181. The lowest BCUT2D eigenvalue weighted by atomic mass is 9.90. The fraction of sp³-hybridized carbons (Fsp3) is 0.118. The number of H-pyrrole nitrogens is 1. The van der Waals surface area contributed by atoms with E-state index >= 15 is 0 Å². The molecule has 3 nitrogen and oxygen atoms in total. The van der Waals surface area contributed by atoms with Crippen molar-refractivity contribution in [3.8, 4) is 11.1 Å². The highest BCUT2D eigenvalue weighted by atomic mass is 35.5. The minimum absolute atomic E-state index is 0.181. The topological polar surface area (TPSA) is 54.7 Å². The predicted octanol–water partition coefficient (Wildman–Crippen LogP) is 3.82. The van der Waals surface area contributed by atoms with Crippen molar-refractivity contribution in [3.63, 3.8) is 0 Å². The van der Waals surface area contributed by atoms with Crippen LogP contribution in [0.1, 0.15) is 17.0 Å². The number of halogens is 1. The quantitative estimate of drug-likeness (QED) is 0.769. The highest BCUT2D eigenvalue weighted by Crippen LogP contribution is 2.27. The fourth-order valence-electron chi connectivity index (χ4n) is 2.48. The summed E-state index contributed by atoms with van der Waals surface area (Å²) in [6.07, 6.45) is 3.70. The molecular formula is C17H16ClN3. The van der Waals surface area contributed by atoms with Crippen LogP contribution in [0.4, 0.5) is 0 Å². The maximum atomic E-state index is 5.96. The minimum atomic E-state index is 0.181. The number of nitrogens with zero attached hydrogens (tertiary/aromatic N) is 1. The van der Waals surface area contributed by atoms with Crippen molar-refractivity contribution in [2.45, 2.75) is 5.92 Å². The standard InChI is InChI=1S/C17H16ClN3/c18-16-7-5-14(6-8-16)17(9-19)13-3-1-12(2-4-13)15-10-20-21-11-15/h1-8,10-11,17H,9,19H2,(H,20,21)/t17-/m0/s1. The van der Waals surface area contributed by atoms with Gasteiger partial charge in [0.25, 0.3) is 0 Å². The van der Waals surface area contributed by atoms with Crippen molar-refractivity contribution in [1.82, 2.24) is 10.2 Å². The van der Waals surface area contributed by atoms with Gasteiger partial charge in [0.1, 0.15) is 0 Å². The molecule has 0 aliphatic heterocycles. The van der Waals surface area contributed by atoms with Gasteiger partial charge in [-0.3, -0.25) is 5.10 Å². The zero-order chi connectivity index (χ0) is 14.7. The molecule has 0 spiro atoms. The van der Waals surface area contributed by atoms with Gasteiger partial charge in [0, 0.05) is 29.2 Å². The molecule has 0 bridgehead atoms. The summed E-state index contributed by atoms with van der Waals surface area (Å²) in [7, 11) is 0. The number of hydrogen-bond donors (Lipinski definition) is 2. The Bertz CT molecular complexity index is 688. The van der Waals surface area contributed by atoms with Crippen LogP contribution >= 0.6 is 11.6 Å². The molecule has 1 aromatic heterocycles. The van der Waals surface area contributed by atoms with E-state index in [2.05, 4.69) is 34.5 Å². The zero-order valence-corrected chi connectivity index (χ0v) is 12.2. The van der Waals surface area contributed by atoms with E-state index in [-0.39, 0.29) is 5.92 Å². The molecule has 3 aromatic rings. The SMILES string of the molecule is NC[C@H](c1ccc(Cl)cc1)c1ccc(-c2cn[nH]c2)cc1. The molecule has 106 valence electrons. The number of nitrogens with one attached hydrogen (secondary N) is 1. The molecule has 0 saturated carbocycles. The van der Waals surface area contributed by atoms with E-state index in [0.717, 1.165) is 16.1 Å². The van der Waals surface area contributed by atoms with Crippen molar-refractivity contribution in [2.24, 2.45) is 5.73 Å². The van der Waals surface area contributed by atoms with E-state index in [1.807, 2.05) is 36.7 Å². The Labute approximate surface area is 128 Å². The molecule has 4 heteroatoms. The second-order valence-electron chi connectivity index (χ2n) is 4.95. The van der Waals surface area contributed by atoms with E-state index in [4.69, 9.17) is 17.3 Å². The largest absolute Gasteiger partial charge is 0.330 e. The van der Waals surface area contributed by atoms with E-state index in [0.29, 0.717) is 6.54 Å². The second-order valence-corrected chi connectivity index (χ2v) is 5.39. The van der Waals surface area contributed by atoms with E-state index in [1.54, 1.807) is 0 Å². The van der Waals surface area contributed by atoms with Crippen molar-refractivity contribution in [3.05, 3.63) is 77.1 Å². The number of rotatable bonds is 4. The first kappa shape index (κ1) is 13.9. The van der Waals surface area contributed by atoms with Crippen LogP contribution < -0.4 is 5.73 Å². The molecule has 0 aliphatic carbocycles. The Hall–Kier alpha value is -2.10. The van der Waals surface area contributed by atoms with Gasteiger partial charge in [0.15, 0.2) is 0 Å². The molecule has 3 rings (SSSR count). The van der Waals surface area contributed by atoms with Crippen molar-refractivity contribution in [1.29, 1.82) is 0 Å². The van der Waals surface area contributed by atoms with Crippen LogP contribution in [0.2, 0.25) is 5.02 Å². The van der Waals surface area contributed by atoms with Gasteiger partial charge in [0.2, 0.25) is 0 Å². The molecule has 1 heterocycles. The van der Waals surface area contributed by atoms with Crippen molar-refractivity contribution in [2.75, 3.05) is 6.54 Å². The second kappa shape index (κ2) is 6.12. The van der Waals surface area contributed by atoms with Gasteiger partial charge in [-0.05, 0) is 28.8 Å². The van der Waals surface area contributed by atoms with Crippen LogP contribution in [-0.4, -0.2) is 16.7 Å². The van der Waals surface area contributed by atoms with Crippen LogP contribution in [0, 0.1) is 0 Å². The third-order valence-electron chi connectivity index (χ3n) is 3.65. The molecule has 0 fully saturated rings. The summed E-state index contributed by atoms with van der Waals surface area (Å²) in [4.78, 5) is 0. The van der Waals surface area contributed by atoms with E-state index in [9.17, 15) is 0 Å². The van der Waals surface area contributed by atoms with Gasteiger partial charge in [-0.1, -0.05) is 48.0 Å². The van der Waals surface area contributed by atoms with Crippen LogP contribution in [0.3, 0.4) is 0 Å². The normalized spacial score (nSPS) is 12.3. The first-order valence-electron chi connectivity index (χ1n) is 6.82. The molecule has 21 heavy (non-hydrogen) atoms. The molecule has 0 aliphatic rings. The van der Waals surface area contributed by atoms with Crippen LogP contribution in [0.25, 0.3) is 11.1 Å². The van der Waals surface area contributed by atoms with Crippen LogP contribution in [0.5, 0.6) is 0 Å². The third-order valence-corrected chi connectivity index (χ3v) is 3.90. The van der Waals surface area contributed by atoms with Gasteiger partial charge in [-0.15, -0.1) is 0 Å². The molecule has 0 saturated heterocycles. The summed E-state index contributed by atoms with van der Waals surface area (Å²) >= 11 is 5.94. The van der Waals surface area contributed by atoms with E-state index in [1.165, 1.54) is 11.1 Å². The summed E-state index contributed by atoms with van der Waals surface area (Å²) in [5, 5.41) is 7.54. The van der Waals surface area contributed by atoms with Gasteiger partial charge in [-0.2, -0.15) is 5.10 Å². The predicted molar refractivity (Wildman–Crippen MR) is 86.4 cm³/mol. The molecule has 1 atom stereocenters. The number of aromatic amines is 1. The third kappa shape index (κ3) is 2.99. The van der Waals surface area contributed by atoms with Crippen molar-refractivity contribution >= 4 is 11.6 Å². The lowest BCUT2D eigenvalue weighted by Crippen LogP contribution is -2.13. The van der Waals surface area contributed by atoms with Crippen molar-refractivity contribution < 1.29 is 0 Å². The smallest absolute Gasteiger partial charge is 0.0565 e. The summed E-state index contributed by atoms with van der Waals surface area (Å²) in [5.41, 5.74) is 10.6. The van der Waals surface area contributed by atoms with E-state index < -0.39 is 0 Å². The number of benzene rings is 2. The van der Waals surface area contributed by atoms with Crippen LogP contribution in [0.15, 0.2) is 60.9 Å². The fourth-order valence-corrected chi connectivity index (χ4v) is 2.60. The molecule has 0 amide bonds. The zero-order valence-electron chi connectivity index (χ0n) is 11.5. The average Bonchev–Trinajstić information content (AvgIpc) is 3.05. The number of aromatic nitrogens is 2. The Morgan fingerprint density at radius 1 is 0.952 bits per heavy atom.